The lowest BCUT2D eigenvalue weighted by Gasteiger charge is -2.07. The fourth-order valence-corrected chi connectivity index (χ4v) is 2.17. The summed E-state index contributed by atoms with van der Waals surface area (Å²) < 4.78 is 0. The third-order valence-corrected chi connectivity index (χ3v) is 2.92. The molecule has 3 rings (SSSR count). The zero-order chi connectivity index (χ0) is 13.1. The van der Waals surface area contributed by atoms with Crippen LogP contribution < -0.4 is 11.1 Å². The van der Waals surface area contributed by atoms with Gasteiger partial charge in [0.1, 0.15) is 0 Å². The molecule has 1 aliphatic rings. The number of aromatic amines is 1. The molecule has 0 spiro atoms. The van der Waals surface area contributed by atoms with Crippen LogP contribution in [0.2, 0.25) is 0 Å². The molecule has 0 aliphatic carbocycles. The summed E-state index contributed by atoms with van der Waals surface area (Å²) >= 11 is 0. The summed E-state index contributed by atoms with van der Waals surface area (Å²) in [7, 11) is 0. The Kier molecular flexibility index (Phi) is 3.55. The van der Waals surface area contributed by atoms with Crippen LogP contribution in [0.5, 0.6) is 0 Å². The maximum Gasteiger partial charge on any atom is 0.198 e. The second-order valence-corrected chi connectivity index (χ2v) is 4.18. The average Bonchev–Trinajstić information content (AvgIpc) is 2.65. The van der Waals surface area contributed by atoms with Crippen molar-refractivity contribution in [3.05, 3.63) is 29.5 Å². The minimum Gasteiger partial charge on any atom is -0.384 e. The number of hydrogen-bond donors (Lipinski definition) is 3. The zero-order valence-corrected chi connectivity index (χ0v) is 11.2. The summed E-state index contributed by atoms with van der Waals surface area (Å²) in [6.45, 7) is 7.00. The number of aryl methyl sites for hydroxylation is 1. The number of anilines is 2. The second-order valence-electron chi connectivity index (χ2n) is 4.18. The van der Waals surface area contributed by atoms with E-state index in [1.165, 1.54) is 5.56 Å². The number of nitrogens with zero attached hydrogens (tertiary/aromatic N) is 1. The van der Waals surface area contributed by atoms with E-state index >= 15 is 0 Å². The van der Waals surface area contributed by atoms with Gasteiger partial charge in [-0.15, -0.1) is 0 Å². The fraction of sp³-hybridized carbons (Fsp3) is 0.357. The van der Waals surface area contributed by atoms with Gasteiger partial charge in [0.25, 0.3) is 0 Å². The predicted octanol–water partition coefficient (Wildman–Crippen LogP) is 2.96. The number of H-pyrrole nitrogens is 1. The van der Waals surface area contributed by atoms with Crippen molar-refractivity contribution in [2.45, 2.75) is 27.2 Å². The summed E-state index contributed by atoms with van der Waals surface area (Å²) in [4.78, 5) is 7.48. The molecule has 2 aromatic rings. The third kappa shape index (κ3) is 2.18. The van der Waals surface area contributed by atoms with E-state index in [1.807, 2.05) is 13.8 Å². The van der Waals surface area contributed by atoms with Crippen LogP contribution in [0.25, 0.3) is 11.3 Å². The van der Waals surface area contributed by atoms with Crippen LogP contribution in [0, 0.1) is 6.92 Å². The highest BCUT2D eigenvalue weighted by atomic mass is 15.0. The van der Waals surface area contributed by atoms with Crippen molar-refractivity contribution in [1.29, 1.82) is 0 Å². The predicted molar refractivity (Wildman–Crippen MR) is 76.7 cm³/mol. The number of imidazole rings is 1. The van der Waals surface area contributed by atoms with E-state index < -0.39 is 0 Å². The molecule has 0 unspecified atom stereocenters. The van der Waals surface area contributed by atoms with Crippen LogP contribution in [-0.2, 0) is 6.42 Å². The molecule has 0 saturated heterocycles. The van der Waals surface area contributed by atoms with Gasteiger partial charge in [-0.05, 0) is 18.6 Å². The van der Waals surface area contributed by atoms with Gasteiger partial charge >= 0.3 is 0 Å². The smallest absolute Gasteiger partial charge is 0.198 e. The topological polar surface area (TPSA) is 66.7 Å². The van der Waals surface area contributed by atoms with Crippen molar-refractivity contribution >= 4 is 11.6 Å². The molecule has 0 bridgehead atoms. The van der Waals surface area contributed by atoms with Crippen LogP contribution in [0.3, 0.4) is 0 Å². The monoisotopic (exact) mass is 244 g/mol. The van der Waals surface area contributed by atoms with Gasteiger partial charge in [-0.3, -0.25) is 0 Å². The molecule has 0 fully saturated rings. The Hall–Kier alpha value is -1.97. The molecule has 1 aromatic carbocycles. The molecular weight excluding hydrogens is 224 g/mol. The standard InChI is InChI=1S/C12H14N4.C2H6/c1-7-2-3-8-10(6-7)14-5-4-9-11(8)16-12(13)15-9;1-2/h2-3,6,14H,4-5H2,1H3,(H3,13,15,16);1-2H3. The van der Waals surface area contributed by atoms with Gasteiger partial charge in [0.05, 0.1) is 5.69 Å². The summed E-state index contributed by atoms with van der Waals surface area (Å²) in [6.07, 6.45) is 0.924. The summed E-state index contributed by atoms with van der Waals surface area (Å²) in [5.41, 5.74) is 11.3. The Bertz CT molecular complexity index is 543. The Morgan fingerprint density at radius 1 is 1.28 bits per heavy atom. The Balaban J connectivity index is 0.000000574. The minimum absolute atomic E-state index is 0.499. The maximum atomic E-state index is 5.71. The lowest BCUT2D eigenvalue weighted by atomic mass is 10.1. The van der Waals surface area contributed by atoms with Crippen molar-refractivity contribution in [3.8, 4) is 11.3 Å². The number of fused-ring (bicyclic) bond motifs is 3. The number of nitrogen functional groups attached to an aromatic ring is 1. The molecule has 1 aromatic heterocycles. The van der Waals surface area contributed by atoms with Crippen LogP contribution in [0.1, 0.15) is 25.1 Å². The van der Waals surface area contributed by atoms with Crippen LogP contribution >= 0.6 is 0 Å². The molecule has 18 heavy (non-hydrogen) atoms. The second kappa shape index (κ2) is 5.12. The SMILES string of the molecule is CC.Cc1ccc2c(c1)NCCc1[nH]c(N)nc1-2. The molecule has 0 atom stereocenters. The number of aromatic nitrogens is 2. The van der Waals surface area contributed by atoms with Gasteiger partial charge in [0.15, 0.2) is 5.95 Å². The lowest BCUT2D eigenvalue weighted by molar-refractivity contribution is 0.992. The quantitative estimate of drug-likeness (QED) is 0.667. The van der Waals surface area contributed by atoms with Gasteiger partial charge < -0.3 is 16.0 Å². The first-order chi connectivity index (χ1) is 8.74. The van der Waals surface area contributed by atoms with E-state index in [1.54, 1.807) is 0 Å². The largest absolute Gasteiger partial charge is 0.384 e. The Morgan fingerprint density at radius 3 is 2.83 bits per heavy atom. The van der Waals surface area contributed by atoms with Gasteiger partial charge in [-0.1, -0.05) is 26.0 Å². The highest BCUT2D eigenvalue weighted by Crippen LogP contribution is 2.32. The number of nitrogens with two attached hydrogens (primary N) is 1. The van der Waals surface area contributed by atoms with E-state index in [2.05, 4.69) is 40.4 Å². The zero-order valence-electron chi connectivity index (χ0n) is 11.2. The molecule has 1 aliphatic heterocycles. The van der Waals surface area contributed by atoms with Crippen LogP contribution in [0.15, 0.2) is 18.2 Å². The highest BCUT2D eigenvalue weighted by molar-refractivity contribution is 5.79. The van der Waals surface area contributed by atoms with E-state index in [9.17, 15) is 0 Å². The van der Waals surface area contributed by atoms with E-state index in [4.69, 9.17) is 5.73 Å². The van der Waals surface area contributed by atoms with Crippen LogP contribution in [0.4, 0.5) is 11.6 Å². The molecule has 0 radical (unpaired) electrons. The number of rotatable bonds is 0. The van der Waals surface area contributed by atoms with Crippen molar-refractivity contribution in [1.82, 2.24) is 9.97 Å². The number of hydrogen-bond acceptors (Lipinski definition) is 3. The molecular formula is C14H20N4. The van der Waals surface area contributed by atoms with Crippen molar-refractivity contribution in [3.63, 3.8) is 0 Å². The first kappa shape index (κ1) is 12.5. The Morgan fingerprint density at radius 2 is 2.06 bits per heavy atom. The van der Waals surface area contributed by atoms with Crippen molar-refractivity contribution in [2.75, 3.05) is 17.6 Å². The summed E-state index contributed by atoms with van der Waals surface area (Å²) in [6, 6.07) is 6.35. The maximum absolute atomic E-state index is 5.71. The van der Waals surface area contributed by atoms with Gasteiger partial charge in [0.2, 0.25) is 0 Å². The van der Waals surface area contributed by atoms with Crippen molar-refractivity contribution < 1.29 is 0 Å². The molecule has 4 nitrogen and oxygen atoms in total. The van der Waals surface area contributed by atoms with Gasteiger partial charge in [-0.25, -0.2) is 4.98 Å². The summed E-state index contributed by atoms with van der Waals surface area (Å²) in [5.74, 6) is 0.499. The van der Waals surface area contributed by atoms with E-state index in [0.717, 1.165) is 35.6 Å². The number of nitrogens with one attached hydrogen (secondary N) is 2. The lowest BCUT2D eigenvalue weighted by Crippen LogP contribution is -2.03. The Labute approximate surface area is 108 Å². The number of benzene rings is 1. The average molecular weight is 244 g/mol. The molecule has 0 saturated carbocycles. The van der Waals surface area contributed by atoms with Gasteiger partial charge in [0, 0.05) is 29.9 Å². The molecule has 96 valence electrons. The minimum atomic E-state index is 0.499. The first-order valence-corrected chi connectivity index (χ1v) is 6.43. The third-order valence-electron chi connectivity index (χ3n) is 2.92. The van der Waals surface area contributed by atoms with E-state index in [0.29, 0.717) is 5.95 Å². The fourth-order valence-electron chi connectivity index (χ4n) is 2.17. The summed E-state index contributed by atoms with van der Waals surface area (Å²) in [5, 5.41) is 3.42. The molecule has 4 N–H and O–H groups in total. The van der Waals surface area contributed by atoms with Crippen molar-refractivity contribution in [2.24, 2.45) is 0 Å². The van der Waals surface area contributed by atoms with Crippen LogP contribution in [-0.4, -0.2) is 16.5 Å². The molecule has 2 heterocycles. The molecule has 0 amide bonds. The first-order valence-electron chi connectivity index (χ1n) is 6.43. The van der Waals surface area contributed by atoms with Gasteiger partial charge in [-0.2, -0.15) is 0 Å². The highest BCUT2D eigenvalue weighted by Gasteiger charge is 2.17. The van der Waals surface area contributed by atoms with E-state index in [-0.39, 0.29) is 0 Å². The normalized spacial score (nSPS) is 12.4. The molecule has 4 heteroatoms.